The summed E-state index contributed by atoms with van der Waals surface area (Å²) in [6, 6.07) is -0.246. The highest BCUT2D eigenvalue weighted by Gasteiger charge is 2.70. The van der Waals surface area contributed by atoms with Gasteiger partial charge in [0.1, 0.15) is 0 Å². The molecule has 3 aliphatic heterocycles. The Morgan fingerprint density at radius 3 is 3.10 bits per heavy atom. The predicted molar refractivity (Wildman–Crippen MR) is 71.3 cm³/mol. The molecule has 2 saturated heterocycles. The van der Waals surface area contributed by atoms with E-state index in [0.29, 0.717) is 25.4 Å². The number of carbonyl (C=O) groups is 1. The molecular weight excluding hydrogens is 278 g/mol. The van der Waals surface area contributed by atoms with Crippen LogP contribution in [0.4, 0.5) is 0 Å². The second-order valence-electron chi connectivity index (χ2n) is 5.72. The Hall–Kier alpha value is -1.84. The van der Waals surface area contributed by atoms with Crippen molar-refractivity contribution in [1.82, 2.24) is 16.1 Å². The molecule has 7 N–H and O–H groups in total. The average Bonchev–Trinajstić information content (AvgIpc) is 2.89. The summed E-state index contributed by atoms with van der Waals surface area (Å²) in [6.07, 6.45) is 0.740. The number of nitrogens with zero attached hydrogens (tertiary/aromatic N) is 1. The Kier molecular flexibility index (Phi) is 3.08. The number of nitrogens with one attached hydrogen (secondary N) is 3. The molecule has 3 heterocycles. The van der Waals surface area contributed by atoms with Crippen molar-refractivity contribution in [2.75, 3.05) is 13.1 Å². The molecule has 0 amide bonds. The molecule has 21 heavy (non-hydrogen) atoms. The molecule has 3 atom stereocenters. The largest absolute Gasteiger partial charge is 0.373 e. The topological polar surface area (TPSA) is 132 Å². The van der Waals surface area contributed by atoms with Gasteiger partial charge in [0.15, 0.2) is 0 Å². The third kappa shape index (κ3) is 1.81. The number of aliphatic hydroxyl groups is 2. The summed E-state index contributed by atoms with van der Waals surface area (Å²) < 4.78 is 1.74. The number of hydrogen-bond acceptors (Lipinski definition) is 8. The summed E-state index contributed by atoms with van der Waals surface area (Å²) in [5.74, 6) is -1.76. The van der Waals surface area contributed by atoms with E-state index in [2.05, 4.69) is 27.5 Å². The van der Waals surface area contributed by atoms with Gasteiger partial charge in [-0.15, -0.1) is 5.48 Å². The van der Waals surface area contributed by atoms with Crippen molar-refractivity contribution in [3.63, 3.8) is 0 Å². The lowest BCUT2D eigenvalue weighted by atomic mass is 9.80. The molecule has 3 rings (SSSR count). The SMILES string of the molecule is C=C1C[C@H]2[C@H](CNOC=O)NC(N)=[N+]3CCC(O)(O)[C@]23N1. The molecule has 0 radical (unpaired) electrons. The summed E-state index contributed by atoms with van der Waals surface area (Å²) in [7, 11) is 0. The van der Waals surface area contributed by atoms with Crippen molar-refractivity contribution in [3.8, 4) is 0 Å². The number of carbonyl (C=O) groups excluding carboxylic acids is 1. The van der Waals surface area contributed by atoms with Gasteiger partial charge in [-0.05, 0) is 6.42 Å². The van der Waals surface area contributed by atoms with Crippen molar-refractivity contribution in [2.24, 2.45) is 11.7 Å². The number of hydroxylamine groups is 1. The van der Waals surface area contributed by atoms with Crippen LogP contribution < -0.4 is 21.8 Å². The van der Waals surface area contributed by atoms with Crippen LogP contribution in [0.3, 0.4) is 0 Å². The monoisotopic (exact) mass is 298 g/mol. The first-order valence-electron chi connectivity index (χ1n) is 6.82. The zero-order valence-electron chi connectivity index (χ0n) is 11.5. The zero-order valence-corrected chi connectivity index (χ0v) is 11.5. The van der Waals surface area contributed by atoms with Gasteiger partial charge in [-0.2, -0.15) is 0 Å². The molecule has 9 heteroatoms. The van der Waals surface area contributed by atoms with Crippen molar-refractivity contribution in [2.45, 2.75) is 30.3 Å². The molecule has 2 fully saturated rings. The standard InChI is InChI=1S/C12H19N5O4/c1-7-4-8-9(5-14-21-6-18)15-10(13)17-3-2-11(19,20)12(8,17)16-7/h6,8-9,14,16,19-20H,1-5H2,(H2,13,15)/p+1/t8-,9-,12-/m0/s1. The minimum absolute atomic E-state index is 0.178. The van der Waals surface area contributed by atoms with E-state index in [0.717, 1.165) is 5.70 Å². The number of rotatable bonds is 4. The van der Waals surface area contributed by atoms with Gasteiger partial charge in [0.05, 0.1) is 25.0 Å². The van der Waals surface area contributed by atoms with Crippen LogP contribution in [-0.2, 0) is 9.63 Å². The first kappa shape index (κ1) is 14.1. The molecule has 0 aromatic heterocycles. The van der Waals surface area contributed by atoms with Crippen LogP contribution in [0.1, 0.15) is 12.8 Å². The summed E-state index contributed by atoms with van der Waals surface area (Å²) >= 11 is 0. The summed E-state index contributed by atoms with van der Waals surface area (Å²) in [6.45, 7) is 4.91. The van der Waals surface area contributed by atoms with E-state index in [1.54, 1.807) is 4.58 Å². The van der Waals surface area contributed by atoms with Gasteiger partial charge in [-0.1, -0.05) is 6.58 Å². The van der Waals surface area contributed by atoms with E-state index in [4.69, 9.17) is 5.73 Å². The molecule has 0 aromatic rings. The fourth-order valence-electron chi connectivity index (χ4n) is 3.82. The highest BCUT2D eigenvalue weighted by molar-refractivity contribution is 5.74. The van der Waals surface area contributed by atoms with Gasteiger partial charge in [0, 0.05) is 12.1 Å². The highest BCUT2D eigenvalue weighted by Crippen LogP contribution is 2.47. The fourth-order valence-corrected chi connectivity index (χ4v) is 3.82. The first-order valence-corrected chi connectivity index (χ1v) is 6.82. The maximum Gasteiger partial charge on any atom is 0.345 e. The Balaban J connectivity index is 1.98. The van der Waals surface area contributed by atoms with Crippen LogP contribution in [0.15, 0.2) is 12.3 Å². The minimum Gasteiger partial charge on any atom is -0.373 e. The number of hydrogen-bond donors (Lipinski definition) is 6. The van der Waals surface area contributed by atoms with Crippen LogP contribution in [0.5, 0.6) is 0 Å². The quantitative estimate of drug-likeness (QED) is 0.106. The summed E-state index contributed by atoms with van der Waals surface area (Å²) in [4.78, 5) is 14.7. The van der Waals surface area contributed by atoms with Gasteiger partial charge in [-0.25, -0.2) is 4.58 Å². The normalized spacial score (nSPS) is 36.6. The van der Waals surface area contributed by atoms with E-state index in [9.17, 15) is 15.0 Å². The molecule has 0 aromatic carbocycles. The minimum atomic E-state index is -1.92. The van der Waals surface area contributed by atoms with Crippen LogP contribution in [-0.4, -0.2) is 57.8 Å². The van der Waals surface area contributed by atoms with Crippen LogP contribution in [0.25, 0.3) is 0 Å². The Bertz CT molecular complexity index is 520. The van der Waals surface area contributed by atoms with Gasteiger partial charge in [0.25, 0.3) is 0 Å². The maximum atomic E-state index is 10.5. The van der Waals surface area contributed by atoms with E-state index >= 15 is 0 Å². The zero-order chi connectivity index (χ0) is 15.3. The molecule has 0 bridgehead atoms. The molecule has 1 spiro atoms. The van der Waals surface area contributed by atoms with Crippen LogP contribution >= 0.6 is 0 Å². The van der Waals surface area contributed by atoms with Crippen molar-refractivity contribution >= 4 is 12.4 Å². The molecular formula is C12H20N5O4+. The molecule has 3 aliphatic rings. The summed E-state index contributed by atoms with van der Waals surface area (Å²) in [5.41, 5.74) is 8.17. The third-order valence-electron chi connectivity index (χ3n) is 4.63. The third-order valence-corrected chi connectivity index (χ3v) is 4.63. The van der Waals surface area contributed by atoms with E-state index < -0.39 is 11.4 Å². The Morgan fingerprint density at radius 2 is 2.38 bits per heavy atom. The predicted octanol–water partition coefficient (Wildman–Crippen LogP) is -3.13. The van der Waals surface area contributed by atoms with Gasteiger partial charge in [-0.3, -0.25) is 15.8 Å². The first-order chi connectivity index (χ1) is 9.92. The second-order valence-corrected chi connectivity index (χ2v) is 5.72. The molecule has 0 saturated carbocycles. The van der Waals surface area contributed by atoms with Crippen molar-refractivity contribution < 1.29 is 24.4 Å². The molecule has 116 valence electrons. The van der Waals surface area contributed by atoms with Gasteiger partial charge in [0.2, 0.25) is 11.4 Å². The van der Waals surface area contributed by atoms with Gasteiger partial charge < -0.3 is 20.4 Å². The number of guanidine groups is 1. The molecule has 0 aliphatic carbocycles. The fraction of sp³-hybridized carbons (Fsp3) is 0.667. The smallest absolute Gasteiger partial charge is 0.345 e. The lowest BCUT2D eigenvalue weighted by molar-refractivity contribution is -0.630. The van der Waals surface area contributed by atoms with Crippen LogP contribution in [0, 0.1) is 5.92 Å². The second kappa shape index (κ2) is 4.58. The van der Waals surface area contributed by atoms with Crippen LogP contribution in [0.2, 0.25) is 0 Å². The highest BCUT2D eigenvalue weighted by atomic mass is 16.7. The lowest BCUT2D eigenvalue weighted by Gasteiger charge is -2.44. The number of allylic oxidation sites excluding steroid dienone is 1. The maximum absolute atomic E-state index is 10.5. The molecule has 9 nitrogen and oxygen atoms in total. The lowest BCUT2D eigenvalue weighted by Crippen LogP contribution is -2.74. The van der Waals surface area contributed by atoms with E-state index in [1.807, 2.05) is 0 Å². The molecule has 0 unspecified atom stereocenters. The average molecular weight is 298 g/mol. The number of nitrogens with two attached hydrogens (primary N) is 1. The van der Waals surface area contributed by atoms with Crippen molar-refractivity contribution in [1.29, 1.82) is 0 Å². The van der Waals surface area contributed by atoms with Crippen molar-refractivity contribution in [3.05, 3.63) is 12.3 Å². The van der Waals surface area contributed by atoms with Gasteiger partial charge >= 0.3 is 12.4 Å². The summed E-state index contributed by atoms with van der Waals surface area (Å²) in [5, 5.41) is 27.2. The Morgan fingerprint density at radius 1 is 1.62 bits per heavy atom. The van der Waals surface area contributed by atoms with E-state index in [1.165, 1.54) is 0 Å². The Labute approximate surface area is 121 Å². The van der Waals surface area contributed by atoms with E-state index in [-0.39, 0.29) is 24.9 Å².